The maximum absolute atomic E-state index is 14.2. The lowest BCUT2D eigenvalue weighted by Crippen LogP contribution is -2.60. The smallest absolute Gasteiger partial charge is 0.456 e. The summed E-state index contributed by atoms with van der Waals surface area (Å²) in [6, 6.07) is 9.57. The van der Waals surface area contributed by atoms with Gasteiger partial charge in [0, 0.05) is 24.3 Å². The third kappa shape index (κ3) is 3.28. The molecule has 4 rings (SSSR count). The molecule has 1 aromatic carbocycles. The van der Waals surface area contributed by atoms with Gasteiger partial charge in [0.2, 0.25) is 0 Å². The topological polar surface area (TPSA) is 63.6 Å². The van der Waals surface area contributed by atoms with E-state index in [1.807, 2.05) is 6.92 Å². The van der Waals surface area contributed by atoms with Gasteiger partial charge in [-0.15, -0.1) is 11.3 Å². The number of hydrogen-bond donors (Lipinski definition) is 1. The summed E-state index contributed by atoms with van der Waals surface area (Å²) in [6.07, 6.45) is -4.65. The zero-order valence-electron chi connectivity index (χ0n) is 16.0. The highest BCUT2D eigenvalue weighted by Crippen LogP contribution is 2.54. The van der Waals surface area contributed by atoms with E-state index >= 15 is 0 Å². The lowest BCUT2D eigenvalue weighted by Gasteiger charge is -2.46. The summed E-state index contributed by atoms with van der Waals surface area (Å²) >= 11 is 0.981. The second-order valence-corrected chi connectivity index (χ2v) is 8.57. The molecule has 4 nitrogen and oxygen atoms in total. The normalized spacial score (nSPS) is 26.9. The van der Waals surface area contributed by atoms with Crippen molar-refractivity contribution in [3.05, 3.63) is 69.1 Å². The number of halogens is 3. The Morgan fingerprint density at radius 3 is 2.50 bits per heavy atom. The van der Waals surface area contributed by atoms with E-state index in [2.05, 4.69) is 0 Å². The molecular weight excluding hydrogens is 417 g/mol. The molecule has 30 heavy (non-hydrogen) atoms. The Hall–Kier alpha value is -2.45. The largest absolute Gasteiger partial charge is 0.457 e. The number of rotatable bonds is 3. The van der Waals surface area contributed by atoms with Crippen molar-refractivity contribution in [1.29, 1.82) is 0 Å². The Morgan fingerprint density at radius 2 is 1.90 bits per heavy atom. The summed E-state index contributed by atoms with van der Waals surface area (Å²) in [5.41, 5.74) is 1.31. The molecule has 0 bridgehead atoms. The number of alkyl halides is 3. The molecule has 0 amide bonds. The molecule has 0 spiro atoms. The lowest BCUT2D eigenvalue weighted by molar-refractivity contribution is -0.374. The van der Waals surface area contributed by atoms with Crippen molar-refractivity contribution in [2.75, 3.05) is 0 Å². The zero-order valence-corrected chi connectivity index (χ0v) is 16.8. The molecule has 1 aromatic heterocycles. The van der Waals surface area contributed by atoms with E-state index < -0.39 is 29.6 Å². The van der Waals surface area contributed by atoms with Crippen LogP contribution in [0.5, 0.6) is 0 Å². The van der Waals surface area contributed by atoms with Crippen molar-refractivity contribution in [2.45, 2.75) is 44.1 Å². The molecule has 158 valence electrons. The average Bonchev–Trinajstić information content (AvgIpc) is 3.21. The molecule has 3 unspecified atom stereocenters. The summed E-state index contributed by atoms with van der Waals surface area (Å²) < 4.78 is 47.6. The Balaban J connectivity index is 1.98. The summed E-state index contributed by atoms with van der Waals surface area (Å²) in [4.78, 5) is 26.1. The summed E-state index contributed by atoms with van der Waals surface area (Å²) in [6.45, 7) is 1.82. The number of benzene rings is 1. The third-order valence-corrected chi connectivity index (χ3v) is 6.53. The Kier molecular flexibility index (Phi) is 5.10. The van der Waals surface area contributed by atoms with Crippen molar-refractivity contribution in [3.63, 3.8) is 0 Å². The zero-order chi connectivity index (χ0) is 21.7. The van der Waals surface area contributed by atoms with Gasteiger partial charge in [0.1, 0.15) is 11.7 Å². The highest BCUT2D eigenvalue weighted by Gasteiger charge is 2.69. The van der Waals surface area contributed by atoms with Gasteiger partial charge in [-0.05, 0) is 30.4 Å². The second-order valence-electron chi connectivity index (χ2n) is 7.62. The number of carbonyl (C=O) groups excluding carboxylic acids is 2. The van der Waals surface area contributed by atoms with Gasteiger partial charge in [0.25, 0.3) is 0 Å². The monoisotopic (exact) mass is 436 g/mol. The van der Waals surface area contributed by atoms with Gasteiger partial charge in [0.15, 0.2) is 11.6 Å². The van der Waals surface area contributed by atoms with Gasteiger partial charge >= 0.3 is 12.0 Å². The minimum absolute atomic E-state index is 0.0638. The Bertz CT molecular complexity index is 1010. The molecule has 1 aliphatic heterocycles. The maximum Gasteiger partial charge on any atom is 0.456 e. The summed E-state index contributed by atoms with van der Waals surface area (Å²) in [5, 5.41) is 12.4. The minimum Gasteiger partial charge on any atom is -0.457 e. The van der Waals surface area contributed by atoms with Crippen LogP contribution in [-0.4, -0.2) is 28.6 Å². The molecule has 2 aliphatic rings. The van der Waals surface area contributed by atoms with Gasteiger partial charge in [-0.2, -0.15) is 13.2 Å². The van der Waals surface area contributed by atoms with Crippen LogP contribution in [0.4, 0.5) is 13.2 Å². The van der Waals surface area contributed by atoms with Crippen LogP contribution >= 0.6 is 11.3 Å². The first kappa shape index (κ1) is 20.8. The van der Waals surface area contributed by atoms with E-state index in [4.69, 9.17) is 4.74 Å². The molecule has 0 fully saturated rings. The van der Waals surface area contributed by atoms with Crippen LogP contribution in [0.1, 0.15) is 46.0 Å². The van der Waals surface area contributed by atoms with Crippen molar-refractivity contribution in [3.8, 4) is 0 Å². The fourth-order valence-electron chi connectivity index (χ4n) is 4.20. The molecule has 1 aliphatic carbocycles. The number of carbonyl (C=O) groups is 2. The molecule has 2 aromatic rings. The first-order valence-electron chi connectivity index (χ1n) is 9.52. The number of ether oxygens (including phenoxy) is 1. The fraction of sp³-hybridized carbons (Fsp3) is 0.364. The lowest BCUT2D eigenvalue weighted by atomic mass is 9.68. The molecular formula is C22H19F3O4S. The number of Topliss-reactive ketones (excluding diaryl/α,β-unsaturated/α-hetero) is 2. The maximum atomic E-state index is 14.2. The van der Waals surface area contributed by atoms with Crippen LogP contribution in [0.2, 0.25) is 0 Å². The molecule has 8 heteroatoms. The SMILES string of the molecule is Cc1ccc(C2C3=C(CCCC3=O)OC(O)(C(F)(F)F)C2C(=O)c2cccs2)cc1. The van der Waals surface area contributed by atoms with Crippen LogP contribution < -0.4 is 0 Å². The molecule has 1 N–H and O–H groups in total. The van der Waals surface area contributed by atoms with Crippen LogP contribution in [0, 0.1) is 12.8 Å². The minimum atomic E-state index is -5.24. The van der Waals surface area contributed by atoms with Crippen LogP contribution in [0.25, 0.3) is 0 Å². The average molecular weight is 436 g/mol. The van der Waals surface area contributed by atoms with Gasteiger partial charge in [0.05, 0.1) is 4.88 Å². The number of ketones is 2. The first-order chi connectivity index (χ1) is 14.1. The fourth-order valence-corrected chi connectivity index (χ4v) is 4.90. The summed E-state index contributed by atoms with van der Waals surface area (Å²) in [5.74, 6) is -8.47. The van der Waals surface area contributed by atoms with Gasteiger partial charge in [-0.25, -0.2) is 0 Å². The number of aliphatic hydroxyl groups is 1. The van der Waals surface area contributed by atoms with Gasteiger partial charge in [-0.1, -0.05) is 35.9 Å². The van der Waals surface area contributed by atoms with Crippen molar-refractivity contribution >= 4 is 22.9 Å². The molecule has 0 saturated heterocycles. The Labute approximate surface area is 175 Å². The van der Waals surface area contributed by atoms with Crippen LogP contribution in [-0.2, 0) is 9.53 Å². The number of hydrogen-bond acceptors (Lipinski definition) is 5. The van der Waals surface area contributed by atoms with E-state index in [0.717, 1.165) is 16.9 Å². The third-order valence-electron chi connectivity index (χ3n) is 5.64. The predicted molar refractivity (Wildman–Crippen MR) is 104 cm³/mol. The standard InChI is InChI=1S/C22H19F3O4S/c1-12-7-9-13(10-8-12)17-18-14(26)4-2-5-15(18)29-21(28,22(23,24)25)19(17)20(27)16-6-3-11-30-16/h3,6-11,17,19,28H,2,4-5H2,1H3. The van der Waals surface area contributed by atoms with E-state index in [9.17, 15) is 27.9 Å². The summed E-state index contributed by atoms with van der Waals surface area (Å²) in [7, 11) is 0. The highest BCUT2D eigenvalue weighted by atomic mass is 32.1. The predicted octanol–water partition coefficient (Wildman–Crippen LogP) is 4.93. The van der Waals surface area contributed by atoms with Crippen LogP contribution in [0.15, 0.2) is 53.1 Å². The molecule has 3 atom stereocenters. The van der Waals surface area contributed by atoms with E-state index in [-0.39, 0.29) is 34.8 Å². The van der Waals surface area contributed by atoms with E-state index in [1.165, 1.54) is 6.07 Å². The van der Waals surface area contributed by atoms with Crippen molar-refractivity contribution in [2.24, 2.45) is 5.92 Å². The first-order valence-corrected chi connectivity index (χ1v) is 10.4. The van der Waals surface area contributed by atoms with Crippen LogP contribution in [0.3, 0.4) is 0 Å². The number of aryl methyl sites for hydroxylation is 1. The molecule has 0 saturated carbocycles. The van der Waals surface area contributed by atoms with Crippen molar-refractivity contribution in [1.82, 2.24) is 0 Å². The van der Waals surface area contributed by atoms with E-state index in [0.29, 0.717) is 12.0 Å². The number of allylic oxidation sites excluding steroid dienone is 2. The Morgan fingerprint density at radius 1 is 1.20 bits per heavy atom. The quantitative estimate of drug-likeness (QED) is 0.694. The molecule has 0 radical (unpaired) electrons. The molecule has 2 heterocycles. The van der Waals surface area contributed by atoms with Crippen molar-refractivity contribution < 1.29 is 32.6 Å². The second kappa shape index (κ2) is 7.35. The van der Waals surface area contributed by atoms with Gasteiger partial charge < -0.3 is 9.84 Å². The highest BCUT2D eigenvalue weighted by molar-refractivity contribution is 7.12. The number of thiophene rings is 1. The van der Waals surface area contributed by atoms with Gasteiger partial charge in [-0.3, -0.25) is 9.59 Å². The van der Waals surface area contributed by atoms with E-state index in [1.54, 1.807) is 35.7 Å².